The number of anilines is 1. The van der Waals surface area contributed by atoms with Crippen LogP contribution in [0.15, 0.2) is 42.5 Å². The van der Waals surface area contributed by atoms with E-state index in [1.54, 1.807) is 24.3 Å². The van der Waals surface area contributed by atoms with Gasteiger partial charge in [0, 0.05) is 29.4 Å². The first kappa shape index (κ1) is 15.8. The number of benzene rings is 2. The van der Waals surface area contributed by atoms with Crippen molar-refractivity contribution in [2.75, 3.05) is 11.9 Å². The maximum atomic E-state index is 12.5. The lowest BCUT2D eigenvalue weighted by molar-refractivity contribution is 0.0950. The Morgan fingerprint density at radius 2 is 1.68 bits per heavy atom. The Bertz CT molecular complexity index is 810. The predicted octanol–water partition coefficient (Wildman–Crippen LogP) is 2.48. The van der Waals surface area contributed by atoms with Crippen molar-refractivity contribution < 1.29 is 9.59 Å². The fourth-order valence-corrected chi connectivity index (χ4v) is 3.02. The molecule has 3 N–H and O–H groups in total. The van der Waals surface area contributed by atoms with Crippen molar-refractivity contribution >= 4 is 17.5 Å². The van der Waals surface area contributed by atoms with E-state index in [1.165, 1.54) is 11.1 Å². The van der Waals surface area contributed by atoms with E-state index in [4.69, 9.17) is 0 Å². The summed E-state index contributed by atoms with van der Waals surface area (Å²) in [5, 5.41) is 9.18. The van der Waals surface area contributed by atoms with E-state index in [0.717, 1.165) is 32.4 Å². The fraction of sp³-hybridized carbons (Fsp3) is 0.300. The summed E-state index contributed by atoms with van der Waals surface area (Å²) in [4.78, 5) is 24.4. The molecule has 2 aromatic rings. The van der Waals surface area contributed by atoms with E-state index in [1.807, 2.05) is 18.2 Å². The zero-order valence-electron chi connectivity index (χ0n) is 14.0. The van der Waals surface area contributed by atoms with Crippen molar-refractivity contribution in [3.05, 3.63) is 64.7 Å². The van der Waals surface area contributed by atoms with Crippen LogP contribution in [0.3, 0.4) is 0 Å². The zero-order valence-corrected chi connectivity index (χ0v) is 14.0. The van der Waals surface area contributed by atoms with E-state index in [9.17, 15) is 9.59 Å². The monoisotopic (exact) mass is 335 g/mol. The molecule has 0 unspecified atom stereocenters. The van der Waals surface area contributed by atoms with E-state index < -0.39 is 0 Å². The van der Waals surface area contributed by atoms with Gasteiger partial charge in [-0.05, 0) is 73.3 Å². The topological polar surface area (TPSA) is 70.2 Å². The zero-order chi connectivity index (χ0) is 17.2. The van der Waals surface area contributed by atoms with Gasteiger partial charge in [0.2, 0.25) is 0 Å². The molecule has 0 aromatic heterocycles. The van der Waals surface area contributed by atoms with Crippen LogP contribution < -0.4 is 16.0 Å². The Balaban J connectivity index is 1.42. The van der Waals surface area contributed by atoms with E-state index in [-0.39, 0.29) is 11.8 Å². The average molecular weight is 335 g/mol. The second kappa shape index (κ2) is 6.69. The third-order valence-electron chi connectivity index (χ3n) is 4.67. The molecular formula is C20H21N3O2. The van der Waals surface area contributed by atoms with Crippen LogP contribution in [-0.4, -0.2) is 24.4 Å². The Morgan fingerprint density at radius 1 is 0.920 bits per heavy atom. The van der Waals surface area contributed by atoms with Crippen molar-refractivity contribution in [1.82, 2.24) is 10.6 Å². The van der Waals surface area contributed by atoms with Crippen molar-refractivity contribution in [3.8, 4) is 0 Å². The van der Waals surface area contributed by atoms with Gasteiger partial charge in [-0.3, -0.25) is 9.59 Å². The minimum atomic E-state index is -0.128. The summed E-state index contributed by atoms with van der Waals surface area (Å²) >= 11 is 0. The molecule has 128 valence electrons. The van der Waals surface area contributed by atoms with Crippen LogP contribution in [0, 0.1) is 0 Å². The van der Waals surface area contributed by atoms with Crippen LogP contribution in [0.5, 0.6) is 0 Å². The Morgan fingerprint density at radius 3 is 2.44 bits per heavy atom. The summed E-state index contributed by atoms with van der Waals surface area (Å²) in [6, 6.07) is 13.2. The van der Waals surface area contributed by atoms with Crippen molar-refractivity contribution in [2.24, 2.45) is 0 Å². The summed E-state index contributed by atoms with van der Waals surface area (Å²) in [6.45, 7) is 1.81. The highest BCUT2D eigenvalue weighted by Gasteiger charge is 2.23. The molecule has 5 nitrogen and oxygen atoms in total. The summed E-state index contributed by atoms with van der Waals surface area (Å²) in [5.74, 6) is -0.180. The Labute approximate surface area is 146 Å². The van der Waals surface area contributed by atoms with Crippen LogP contribution in [-0.2, 0) is 13.0 Å². The first-order chi connectivity index (χ1) is 12.2. The van der Waals surface area contributed by atoms with Gasteiger partial charge >= 0.3 is 0 Å². The molecule has 0 radical (unpaired) electrons. The second-order valence-electron chi connectivity index (χ2n) is 6.69. The second-order valence-corrected chi connectivity index (χ2v) is 6.69. The number of carbonyl (C=O) groups is 2. The number of amides is 2. The summed E-state index contributed by atoms with van der Waals surface area (Å²) in [7, 11) is 0. The number of hydrogen-bond donors (Lipinski definition) is 3. The van der Waals surface area contributed by atoms with Gasteiger partial charge in [-0.15, -0.1) is 0 Å². The highest BCUT2D eigenvalue weighted by molar-refractivity contribution is 6.04. The first-order valence-corrected chi connectivity index (χ1v) is 8.74. The smallest absolute Gasteiger partial charge is 0.255 e. The normalized spacial score (nSPS) is 16.0. The average Bonchev–Trinajstić information content (AvgIpc) is 3.46. The molecule has 0 saturated heterocycles. The molecule has 0 bridgehead atoms. The maximum absolute atomic E-state index is 12.5. The summed E-state index contributed by atoms with van der Waals surface area (Å²) in [6.07, 6.45) is 3.08. The van der Waals surface area contributed by atoms with Gasteiger partial charge in [-0.25, -0.2) is 0 Å². The van der Waals surface area contributed by atoms with Gasteiger partial charge < -0.3 is 16.0 Å². The lowest BCUT2D eigenvalue weighted by atomic mass is 9.98. The highest BCUT2D eigenvalue weighted by Crippen LogP contribution is 2.20. The molecule has 5 heteroatoms. The number of nitrogens with one attached hydrogen (secondary N) is 3. The van der Waals surface area contributed by atoms with Gasteiger partial charge in [0.25, 0.3) is 11.8 Å². The molecule has 0 atom stereocenters. The molecule has 1 aliphatic carbocycles. The van der Waals surface area contributed by atoms with Crippen LogP contribution in [0.2, 0.25) is 0 Å². The van der Waals surface area contributed by atoms with E-state index in [2.05, 4.69) is 16.0 Å². The molecule has 1 heterocycles. The molecule has 25 heavy (non-hydrogen) atoms. The maximum Gasteiger partial charge on any atom is 0.255 e. The number of rotatable bonds is 4. The number of hydrogen-bond acceptors (Lipinski definition) is 3. The third kappa shape index (κ3) is 3.72. The molecule has 4 rings (SSSR count). The molecule has 0 spiro atoms. The van der Waals surface area contributed by atoms with Crippen molar-refractivity contribution in [1.29, 1.82) is 0 Å². The van der Waals surface area contributed by atoms with E-state index >= 15 is 0 Å². The summed E-state index contributed by atoms with van der Waals surface area (Å²) < 4.78 is 0. The lowest BCUT2D eigenvalue weighted by Crippen LogP contribution is -2.25. The van der Waals surface area contributed by atoms with E-state index in [0.29, 0.717) is 22.9 Å². The Kier molecular flexibility index (Phi) is 4.24. The predicted molar refractivity (Wildman–Crippen MR) is 96.7 cm³/mol. The third-order valence-corrected chi connectivity index (χ3v) is 4.67. The SMILES string of the molecule is O=C(Nc1ccc(C(=O)NC2CC2)cc1)c1ccc2c(c1)CCNC2. The van der Waals surface area contributed by atoms with Crippen LogP contribution in [0.25, 0.3) is 0 Å². The van der Waals surface area contributed by atoms with Crippen molar-refractivity contribution in [2.45, 2.75) is 31.8 Å². The van der Waals surface area contributed by atoms with Gasteiger partial charge in [0.1, 0.15) is 0 Å². The first-order valence-electron chi connectivity index (χ1n) is 8.74. The molecule has 1 saturated carbocycles. The van der Waals surface area contributed by atoms with Crippen LogP contribution >= 0.6 is 0 Å². The molecule has 2 aromatic carbocycles. The molecular weight excluding hydrogens is 314 g/mol. The number of fused-ring (bicyclic) bond motifs is 1. The van der Waals surface area contributed by atoms with Crippen LogP contribution in [0.1, 0.15) is 44.7 Å². The Hall–Kier alpha value is -2.66. The lowest BCUT2D eigenvalue weighted by Gasteiger charge is -2.17. The quantitative estimate of drug-likeness (QED) is 0.804. The van der Waals surface area contributed by atoms with Gasteiger partial charge in [0.15, 0.2) is 0 Å². The molecule has 1 aliphatic heterocycles. The largest absolute Gasteiger partial charge is 0.349 e. The highest BCUT2D eigenvalue weighted by atomic mass is 16.2. The molecule has 1 fully saturated rings. The minimum Gasteiger partial charge on any atom is -0.349 e. The standard InChI is InChI=1S/C20H21N3O2/c24-19(22-18-7-8-18)13-3-5-17(6-4-13)23-20(25)15-1-2-16-12-21-10-9-14(16)11-15/h1-6,11,18,21H,7-10,12H2,(H,22,24)(H,23,25). The van der Waals surface area contributed by atoms with Crippen molar-refractivity contribution in [3.63, 3.8) is 0 Å². The van der Waals surface area contributed by atoms with Gasteiger partial charge in [0.05, 0.1) is 0 Å². The van der Waals surface area contributed by atoms with Crippen LogP contribution in [0.4, 0.5) is 5.69 Å². The molecule has 2 aliphatic rings. The minimum absolute atomic E-state index is 0.0522. The molecule has 2 amide bonds. The number of carbonyl (C=O) groups excluding carboxylic acids is 2. The summed E-state index contributed by atoms with van der Waals surface area (Å²) in [5.41, 5.74) is 4.46. The van der Waals surface area contributed by atoms with Gasteiger partial charge in [-0.1, -0.05) is 6.07 Å². The van der Waals surface area contributed by atoms with Gasteiger partial charge in [-0.2, -0.15) is 0 Å². The fourth-order valence-electron chi connectivity index (χ4n) is 3.02.